The van der Waals surface area contributed by atoms with Crippen LogP contribution >= 0.6 is 0 Å². The minimum Gasteiger partial charge on any atom is -0.0850 e. The Kier molecular flexibility index (Phi) is 3.35. The lowest BCUT2D eigenvalue weighted by Crippen LogP contribution is -2.06. The standard InChI is InChI=1S/C13H22/c1-11-7-5-6-8-12(11)9-10-13(2,3)4/h7,9-10,12H,5-6,8H2,1-4H3/b10-9+. The summed E-state index contributed by atoms with van der Waals surface area (Å²) in [4.78, 5) is 0. The second kappa shape index (κ2) is 4.13. The molecule has 0 aromatic heterocycles. The minimum absolute atomic E-state index is 0.331. The third-order valence-corrected chi connectivity index (χ3v) is 2.60. The molecule has 0 saturated carbocycles. The maximum Gasteiger partial charge on any atom is -0.00257 e. The maximum atomic E-state index is 2.39. The zero-order chi connectivity index (χ0) is 9.90. The van der Waals surface area contributed by atoms with Crippen LogP contribution in [-0.4, -0.2) is 0 Å². The zero-order valence-corrected chi connectivity index (χ0v) is 9.43. The van der Waals surface area contributed by atoms with Gasteiger partial charge in [-0.25, -0.2) is 0 Å². The van der Waals surface area contributed by atoms with Crippen LogP contribution in [0, 0.1) is 11.3 Å². The SMILES string of the molecule is CC1=CCCCC1/C=C/C(C)(C)C. The van der Waals surface area contributed by atoms with E-state index in [0.717, 1.165) is 0 Å². The molecule has 0 saturated heterocycles. The highest BCUT2D eigenvalue weighted by Gasteiger charge is 2.12. The molecule has 0 fully saturated rings. The van der Waals surface area contributed by atoms with E-state index in [-0.39, 0.29) is 0 Å². The van der Waals surface area contributed by atoms with Crippen molar-refractivity contribution in [3.05, 3.63) is 23.8 Å². The van der Waals surface area contributed by atoms with E-state index in [2.05, 4.69) is 45.9 Å². The summed E-state index contributed by atoms with van der Waals surface area (Å²) in [6, 6.07) is 0. The van der Waals surface area contributed by atoms with Crippen LogP contribution < -0.4 is 0 Å². The predicted molar refractivity (Wildman–Crippen MR) is 59.7 cm³/mol. The molecule has 0 heteroatoms. The summed E-state index contributed by atoms with van der Waals surface area (Å²) in [6.45, 7) is 9.03. The normalized spacial score (nSPS) is 24.9. The van der Waals surface area contributed by atoms with Crippen LogP contribution in [0.4, 0.5) is 0 Å². The molecule has 1 unspecified atom stereocenters. The summed E-state index contributed by atoms with van der Waals surface area (Å²) in [5.41, 5.74) is 1.89. The second-order valence-corrected chi connectivity index (χ2v) is 5.21. The quantitative estimate of drug-likeness (QED) is 0.524. The van der Waals surface area contributed by atoms with Gasteiger partial charge in [-0.15, -0.1) is 0 Å². The summed E-state index contributed by atoms with van der Waals surface area (Å²) in [5, 5.41) is 0. The van der Waals surface area contributed by atoms with E-state index < -0.39 is 0 Å². The van der Waals surface area contributed by atoms with E-state index in [4.69, 9.17) is 0 Å². The number of hydrogen-bond donors (Lipinski definition) is 0. The van der Waals surface area contributed by atoms with E-state index in [1.807, 2.05) is 0 Å². The topological polar surface area (TPSA) is 0 Å². The lowest BCUT2D eigenvalue weighted by Gasteiger charge is -2.20. The Balaban J connectivity index is 2.58. The fraction of sp³-hybridized carbons (Fsp3) is 0.692. The molecule has 0 radical (unpaired) electrons. The Morgan fingerprint density at radius 1 is 1.38 bits per heavy atom. The van der Waals surface area contributed by atoms with Crippen molar-refractivity contribution in [2.75, 3.05) is 0 Å². The third kappa shape index (κ3) is 3.80. The molecule has 0 amide bonds. The fourth-order valence-corrected chi connectivity index (χ4v) is 1.70. The molecule has 0 aliphatic heterocycles. The molecular weight excluding hydrogens is 156 g/mol. The number of hydrogen-bond acceptors (Lipinski definition) is 0. The lowest BCUT2D eigenvalue weighted by molar-refractivity contribution is 0.529. The van der Waals surface area contributed by atoms with E-state index in [1.165, 1.54) is 19.3 Å². The van der Waals surface area contributed by atoms with Gasteiger partial charge in [0.2, 0.25) is 0 Å². The van der Waals surface area contributed by atoms with Gasteiger partial charge in [0.1, 0.15) is 0 Å². The van der Waals surface area contributed by atoms with Gasteiger partial charge >= 0.3 is 0 Å². The highest BCUT2D eigenvalue weighted by atomic mass is 14.2. The fourth-order valence-electron chi connectivity index (χ4n) is 1.70. The minimum atomic E-state index is 0.331. The van der Waals surface area contributed by atoms with Crippen molar-refractivity contribution in [2.45, 2.75) is 47.0 Å². The molecule has 1 aliphatic carbocycles. The van der Waals surface area contributed by atoms with Gasteiger partial charge in [-0.05, 0) is 37.5 Å². The van der Waals surface area contributed by atoms with Gasteiger partial charge in [-0.2, -0.15) is 0 Å². The third-order valence-electron chi connectivity index (χ3n) is 2.60. The molecule has 0 nitrogen and oxygen atoms in total. The van der Waals surface area contributed by atoms with Gasteiger partial charge in [0, 0.05) is 0 Å². The predicted octanol–water partition coefficient (Wildman–Crippen LogP) is 4.34. The van der Waals surface area contributed by atoms with Crippen LogP contribution in [-0.2, 0) is 0 Å². The number of rotatable bonds is 1. The van der Waals surface area contributed by atoms with Gasteiger partial charge in [0.15, 0.2) is 0 Å². The van der Waals surface area contributed by atoms with Gasteiger partial charge in [0.05, 0.1) is 0 Å². The average molecular weight is 178 g/mol. The highest BCUT2D eigenvalue weighted by molar-refractivity contribution is 5.14. The largest absolute Gasteiger partial charge is 0.0850 e. The second-order valence-electron chi connectivity index (χ2n) is 5.21. The van der Waals surface area contributed by atoms with Crippen molar-refractivity contribution in [1.29, 1.82) is 0 Å². The van der Waals surface area contributed by atoms with Crippen molar-refractivity contribution in [1.82, 2.24) is 0 Å². The van der Waals surface area contributed by atoms with Crippen molar-refractivity contribution in [3.63, 3.8) is 0 Å². The van der Waals surface area contributed by atoms with Crippen molar-refractivity contribution in [2.24, 2.45) is 11.3 Å². The summed E-state index contributed by atoms with van der Waals surface area (Å²) in [7, 11) is 0. The van der Waals surface area contributed by atoms with Crippen LogP contribution in [0.25, 0.3) is 0 Å². The van der Waals surface area contributed by atoms with Gasteiger partial charge < -0.3 is 0 Å². The van der Waals surface area contributed by atoms with E-state index >= 15 is 0 Å². The molecular formula is C13H22. The smallest absolute Gasteiger partial charge is 0.00257 e. The first kappa shape index (κ1) is 10.6. The molecule has 0 N–H and O–H groups in total. The van der Waals surface area contributed by atoms with Crippen LogP contribution in [0.5, 0.6) is 0 Å². The van der Waals surface area contributed by atoms with E-state index in [1.54, 1.807) is 5.57 Å². The lowest BCUT2D eigenvalue weighted by atomic mass is 9.86. The first-order chi connectivity index (χ1) is 5.99. The van der Waals surface area contributed by atoms with Crippen LogP contribution in [0.3, 0.4) is 0 Å². The molecule has 1 rings (SSSR count). The molecule has 0 aromatic carbocycles. The summed E-state index contributed by atoms with van der Waals surface area (Å²) in [5.74, 6) is 0.716. The van der Waals surface area contributed by atoms with Crippen molar-refractivity contribution in [3.8, 4) is 0 Å². The molecule has 0 spiro atoms. The average Bonchev–Trinajstić information content (AvgIpc) is 2.01. The van der Waals surface area contributed by atoms with E-state index in [0.29, 0.717) is 11.3 Å². The van der Waals surface area contributed by atoms with Crippen molar-refractivity contribution < 1.29 is 0 Å². The zero-order valence-electron chi connectivity index (χ0n) is 9.43. The first-order valence-corrected chi connectivity index (χ1v) is 5.35. The van der Waals surface area contributed by atoms with Crippen LogP contribution in [0.1, 0.15) is 47.0 Å². The Hall–Kier alpha value is -0.520. The first-order valence-electron chi connectivity index (χ1n) is 5.35. The van der Waals surface area contributed by atoms with Gasteiger partial charge in [0.25, 0.3) is 0 Å². The van der Waals surface area contributed by atoms with Gasteiger partial charge in [-0.1, -0.05) is 44.6 Å². The maximum absolute atomic E-state index is 2.39. The molecule has 0 heterocycles. The Morgan fingerprint density at radius 3 is 2.62 bits per heavy atom. The van der Waals surface area contributed by atoms with Crippen LogP contribution in [0.15, 0.2) is 23.8 Å². The van der Waals surface area contributed by atoms with Crippen LogP contribution in [0.2, 0.25) is 0 Å². The van der Waals surface area contributed by atoms with Gasteiger partial charge in [-0.3, -0.25) is 0 Å². The number of allylic oxidation sites excluding steroid dienone is 4. The summed E-state index contributed by atoms with van der Waals surface area (Å²) < 4.78 is 0. The molecule has 13 heavy (non-hydrogen) atoms. The molecule has 74 valence electrons. The van der Waals surface area contributed by atoms with E-state index in [9.17, 15) is 0 Å². The molecule has 0 aromatic rings. The summed E-state index contributed by atoms with van der Waals surface area (Å²) >= 11 is 0. The van der Waals surface area contributed by atoms with Crippen molar-refractivity contribution >= 4 is 0 Å². The highest BCUT2D eigenvalue weighted by Crippen LogP contribution is 2.27. The Morgan fingerprint density at radius 2 is 2.08 bits per heavy atom. The Labute approximate surface area is 82.7 Å². The molecule has 0 bridgehead atoms. The molecule has 1 aliphatic rings. The summed E-state index contributed by atoms with van der Waals surface area (Å²) in [6.07, 6.45) is 11.1. The Bertz CT molecular complexity index is 213. The molecule has 1 atom stereocenters. The monoisotopic (exact) mass is 178 g/mol.